The van der Waals surface area contributed by atoms with E-state index in [0.29, 0.717) is 0 Å². The lowest BCUT2D eigenvalue weighted by molar-refractivity contribution is -0.164. The molecular weight excluding hydrogens is 418 g/mol. The summed E-state index contributed by atoms with van der Waals surface area (Å²) in [5.41, 5.74) is 0. The van der Waals surface area contributed by atoms with Crippen LogP contribution in [0, 0.1) is 0 Å². The first kappa shape index (κ1) is 27.5. The lowest BCUT2D eigenvalue weighted by Gasteiger charge is -2.16. The molecule has 0 spiro atoms. The fourth-order valence-corrected chi connectivity index (χ4v) is 1.91. The summed E-state index contributed by atoms with van der Waals surface area (Å²) in [5.74, 6) is -5.39. The molecule has 0 aliphatic rings. The van der Waals surface area contributed by atoms with Crippen molar-refractivity contribution in [2.75, 3.05) is 13.7 Å². The SMILES string of the molecule is CNC(=O)C(C)OC(=O)CC(=O)OC(C)C(=O)NCNC(=O)C(C)OC(=O)CC(C)=O. The lowest BCUT2D eigenvalue weighted by Crippen LogP contribution is -2.45. The lowest BCUT2D eigenvalue weighted by atomic mass is 10.3. The summed E-state index contributed by atoms with van der Waals surface area (Å²) in [6.07, 6.45) is -4.85. The van der Waals surface area contributed by atoms with Crippen LogP contribution in [0.2, 0.25) is 0 Å². The van der Waals surface area contributed by atoms with Crippen LogP contribution in [0.1, 0.15) is 40.5 Å². The smallest absolute Gasteiger partial charge is 0.317 e. The number of amides is 3. The van der Waals surface area contributed by atoms with Crippen LogP contribution in [0.3, 0.4) is 0 Å². The molecule has 3 atom stereocenters. The fourth-order valence-electron chi connectivity index (χ4n) is 1.91. The molecule has 0 rings (SSSR count). The maximum Gasteiger partial charge on any atom is 0.317 e. The Balaban J connectivity index is 4.28. The molecule has 0 fully saturated rings. The van der Waals surface area contributed by atoms with Gasteiger partial charge in [-0.3, -0.25) is 33.6 Å². The molecule has 13 heteroatoms. The Morgan fingerprint density at radius 1 is 0.645 bits per heavy atom. The van der Waals surface area contributed by atoms with E-state index < -0.39 is 72.6 Å². The molecule has 174 valence electrons. The normalized spacial score (nSPS) is 12.9. The van der Waals surface area contributed by atoms with Crippen LogP contribution in [0.5, 0.6) is 0 Å². The highest BCUT2D eigenvalue weighted by Gasteiger charge is 2.23. The number of hydrogen-bond donors (Lipinski definition) is 3. The number of ether oxygens (including phenoxy) is 3. The van der Waals surface area contributed by atoms with E-state index >= 15 is 0 Å². The molecule has 31 heavy (non-hydrogen) atoms. The number of carbonyl (C=O) groups is 7. The zero-order valence-corrected chi connectivity index (χ0v) is 17.9. The molecule has 0 aromatic heterocycles. The van der Waals surface area contributed by atoms with E-state index in [1.54, 1.807) is 0 Å². The van der Waals surface area contributed by atoms with E-state index in [2.05, 4.69) is 16.0 Å². The van der Waals surface area contributed by atoms with Crippen LogP contribution in [0.15, 0.2) is 0 Å². The minimum absolute atomic E-state index is 0.361. The maximum absolute atomic E-state index is 11.9. The predicted molar refractivity (Wildman–Crippen MR) is 102 cm³/mol. The summed E-state index contributed by atoms with van der Waals surface area (Å²) in [4.78, 5) is 80.3. The molecule has 0 aliphatic heterocycles. The van der Waals surface area contributed by atoms with Crippen LogP contribution in [-0.4, -0.2) is 73.4 Å². The average Bonchev–Trinajstić information content (AvgIpc) is 2.65. The summed E-state index contributed by atoms with van der Waals surface area (Å²) >= 11 is 0. The Bertz CT molecular complexity index is 721. The van der Waals surface area contributed by atoms with Crippen molar-refractivity contribution in [3.05, 3.63) is 0 Å². The van der Waals surface area contributed by atoms with E-state index in [-0.39, 0.29) is 6.67 Å². The summed E-state index contributed by atoms with van der Waals surface area (Å²) in [6.45, 7) is 4.67. The Morgan fingerprint density at radius 3 is 1.35 bits per heavy atom. The summed E-state index contributed by atoms with van der Waals surface area (Å²) in [5, 5.41) is 6.79. The third-order valence-electron chi connectivity index (χ3n) is 3.49. The number of carbonyl (C=O) groups excluding carboxylic acids is 7. The second-order valence-corrected chi connectivity index (χ2v) is 6.32. The molecule has 0 aromatic carbocycles. The third-order valence-corrected chi connectivity index (χ3v) is 3.49. The largest absolute Gasteiger partial charge is 0.452 e. The summed E-state index contributed by atoms with van der Waals surface area (Å²) in [7, 11) is 1.35. The summed E-state index contributed by atoms with van der Waals surface area (Å²) < 4.78 is 14.2. The average molecular weight is 445 g/mol. The molecule has 13 nitrogen and oxygen atoms in total. The number of hydrogen-bond acceptors (Lipinski definition) is 10. The highest BCUT2D eigenvalue weighted by atomic mass is 16.6. The molecule has 3 unspecified atom stereocenters. The van der Waals surface area contributed by atoms with Crippen LogP contribution < -0.4 is 16.0 Å². The minimum atomic E-state index is -1.29. The van der Waals surface area contributed by atoms with Crippen molar-refractivity contribution >= 4 is 41.4 Å². The molecule has 0 aromatic rings. The zero-order chi connectivity index (χ0) is 24.1. The van der Waals surface area contributed by atoms with Gasteiger partial charge in [0.1, 0.15) is 18.6 Å². The van der Waals surface area contributed by atoms with Gasteiger partial charge < -0.3 is 30.2 Å². The third kappa shape index (κ3) is 11.9. The van der Waals surface area contributed by atoms with Crippen LogP contribution in [-0.2, 0) is 47.8 Å². The Labute approximate surface area is 178 Å². The van der Waals surface area contributed by atoms with Gasteiger partial charge in [0.05, 0.1) is 6.67 Å². The van der Waals surface area contributed by atoms with Gasteiger partial charge in [-0.15, -0.1) is 0 Å². The molecule has 3 N–H and O–H groups in total. The topological polar surface area (TPSA) is 183 Å². The number of Topliss-reactive ketones (excluding diaryl/α,β-unsaturated/α-hetero) is 1. The van der Waals surface area contributed by atoms with Crippen molar-refractivity contribution in [2.45, 2.75) is 58.8 Å². The number of nitrogens with one attached hydrogen (secondary N) is 3. The highest BCUT2D eigenvalue weighted by molar-refractivity contribution is 5.95. The molecular formula is C18H27N3O10. The zero-order valence-electron chi connectivity index (χ0n) is 17.9. The van der Waals surface area contributed by atoms with Gasteiger partial charge in [-0.25, -0.2) is 0 Å². The molecule has 0 heterocycles. The van der Waals surface area contributed by atoms with Crippen LogP contribution in [0.25, 0.3) is 0 Å². The van der Waals surface area contributed by atoms with E-state index in [1.165, 1.54) is 34.7 Å². The van der Waals surface area contributed by atoms with Crippen molar-refractivity contribution in [2.24, 2.45) is 0 Å². The van der Waals surface area contributed by atoms with E-state index in [1.807, 2.05) is 0 Å². The van der Waals surface area contributed by atoms with E-state index in [0.717, 1.165) is 0 Å². The Kier molecular flexibility index (Phi) is 12.1. The quantitative estimate of drug-likeness (QED) is 0.132. The van der Waals surface area contributed by atoms with Gasteiger partial charge in [0, 0.05) is 7.05 Å². The van der Waals surface area contributed by atoms with Crippen molar-refractivity contribution in [1.29, 1.82) is 0 Å². The van der Waals surface area contributed by atoms with Crippen LogP contribution in [0.4, 0.5) is 0 Å². The van der Waals surface area contributed by atoms with Crippen LogP contribution >= 0.6 is 0 Å². The molecule has 0 saturated heterocycles. The van der Waals surface area contributed by atoms with Crippen molar-refractivity contribution in [3.8, 4) is 0 Å². The van der Waals surface area contributed by atoms with Gasteiger partial charge in [0.2, 0.25) is 0 Å². The first-order chi connectivity index (χ1) is 14.4. The summed E-state index contributed by atoms with van der Waals surface area (Å²) in [6, 6.07) is 0. The van der Waals surface area contributed by atoms with E-state index in [4.69, 9.17) is 14.2 Å². The highest BCUT2D eigenvalue weighted by Crippen LogP contribution is 2.00. The fraction of sp³-hybridized carbons (Fsp3) is 0.611. The van der Waals surface area contributed by atoms with Gasteiger partial charge in [-0.1, -0.05) is 0 Å². The van der Waals surface area contributed by atoms with Crippen molar-refractivity contribution < 1.29 is 47.8 Å². The molecule has 0 bridgehead atoms. The molecule has 3 amide bonds. The molecule has 0 saturated carbocycles. The minimum Gasteiger partial charge on any atom is -0.452 e. The van der Waals surface area contributed by atoms with Crippen molar-refractivity contribution in [1.82, 2.24) is 16.0 Å². The molecule has 0 aliphatic carbocycles. The molecule has 0 radical (unpaired) electrons. The van der Waals surface area contributed by atoms with E-state index in [9.17, 15) is 33.6 Å². The van der Waals surface area contributed by atoms with Gasteiger partial charge in [-0.05, 0) is 27.7 Å². The monoisotopic (exact) mass is 445 g/mol. The Hall–Kier alpha value is -3.51. The van der Waals surface area contributed by atoms with Gasteiger partial charge >= 0.3 is 17.9 Å². The first-order valence-corrected chi connectivity index (χ1v) is 9.22. The number of likely N-dealkylation sites (N-methyl/N-ethyl adjacent to an activating group) is 1. The first-order valence-electron chi connectivity index (χ1n) is 9.22. The standard InChI is InChI=1S/C18H27N3O10/c1-9(22)6-13(23)30-11(3)17(27)20-8-21-18(28)12(4)31-15(25)7-14(24)29-10(2)16(26)19-5/h10-12H,6-8H2,1-5H3,(H,19,26)(H,20,27)(H,21,28). The maximum atomic E-state index is 11.9. The second kappa shape index (κ2) is 13.7. The van der Waals surface area contributed by atoms with Gasteiger partial charge in [0.25, 0.3) is 17.7 Å². The number of ketones is 1. The van der Waals surface area contributed by atoms with Crippen molar-refractivity contribution in [3.63, 3.8) is 0 Å². The van der Waals surface area contributed by atoms with Gasteiger partial charge in [0.15, 0.2) is 18.3 Å². The predicted octanol–water partition coefficient (Wildman–Crippen LogP) is -1.91. The second-order valence-electron chi connectivity index (χ2n) is 6.32. The van der Waals surface area contributed by atoms with Gasteiger partial charge in [-0.2, -0.15) is 0 Å². The Morgan fingerprint density at radius 2 is 1.00 bits per heavy atom. The number of rotatable bonds is 12. The number of esters is 3.